The van der Waals surface area contributed by atoms with Gasteiger partial charge in [-0.05, 0) is 43.4 Å². The third-order valence-corrected chi connectivity index (χ3v) is 5.88. The Hall–Kier alpha value is -2.82. The first-order chi connectivity index (χ1) is 14.8. The predicted molar refractivity (Wildman–Crippen MR) is 123 cm³/mol. The molecule has 0 saturated carbocycles. The van der Waals surface area contributed by atoms with Gasteiger partial charge >= 0.3 is 0 Å². The fraction of sp³-hybridized carbons (Fsp3) is 0.462. The van der Waals surface area contributed by atoms with Crippen molar-refractivity contribution >= 4 is 11.8 Å². The molecular weight excluding hydrogens is 388 g/mol. The topological polar surface area (TPSA) is 49.9 Å². The van der Waals surface area contributed by atoms with Crippen LogP contribution in [0.1, 0.15) is 49.8 Å². The van der Waals surface area contributed by atoms with Gasteiger partial charge in [-0.3, -0.25) is 9.59 Å². The molecule has 166 valence electrons. The third-order valence-electron chi connectivity index (χ3n) is 5.88. The highest BCUT2D eigenvalue weighted by Crippen LogP contribution is 2.27. The SMILES string of the molecule is Cc1ccc(CCC(=O)N2CCN(C(=O)C(C)Oc3ccccc3C(C)C)CC2)cc1. The highest BCUT2D eigenvalue weighted by molar-refractivity contribution is 5.82. The largest absolute Gasteiger partial charge is 0.481 e. The Labute approximate surface area is 186 Å². The lowest BCUT2D eigenvalue weighted by Gasteiger charge is -2.36. The van der Waals surface area contributed by atoms with E-state index >= 15 is 0 Å². The van der Waals surface area contributed by atoms with Crippen molar-refractivity contribution in [2.24, 2.45) is 0 Å². The molecule has 1 fully saturated rings. The summed E-state index contributed by atoms with van der Waals surface area (Å²) in [7, 11) is 0. The smallest absolute Gasteiger partial charge is 0.263 e. The molecule has 1 unspecified atom stereocenters. The van der Waals surface area contributed by atoms with E-state index in [0.29, 0.717) is 38.5 Å². The normalized spacial score (nSPS) is 15.1. The zero-order chi connectivity index (χ0) is 22.4. The van der Waals surface area contributed by atoms with Crippen molar-refractivity contribution < 1.29 is 14.3 Å². The van der Waals surface area contributed by atoms with Crippen LogP contribution in [0.4, 0.5) is 0 Å². The second-order valence-corrected chi connectivity index (χ2v) is 8.64. The van der Waals surface area contributed by atoms with Gasteiger partial charge in [0.15, 0.2) is 6.10 Å². The van der Waals surface area contributed by atoms with E-state index < -0.39 is 6.10 Å². The molecule has 0 bridgehead atoms. The summed E-state index contributed by atoms with van der Waals surface area (Å²) in [6, 6.07) is 16.2. The fourth-order valence-electron chi connectivity index (χ4n) is 3.90. The van der Waals surface area contributed by atoms with Gasteiger partial charge in [-0.25, -0.2) is 0 Å². The number of hydrogen-bond acceptors (Lipinski definition) is 3. The monoisotopic (exact) mass is 422 g/mol. The first-order valence-corrected chi connectivity index (χ1v) is 11.2. The van der Waals surface area contributed by atoms with Gasteiger partial charge in [-0.1, -0.05) is 61.9 Å². The minimum absolute atomic E-state index is 0.0229. The number of carbonyl (C=O) groups is 2. The zero-order valence-corrected chi connectivity index (χ0v) is 19.1. The van der Waals surface area contributed by atoms with E-state index in [4.69, 9.17) is 4.74 Å². The van der Waals surface area contributed by atoms with Crippen LogP contribution in [0.15, 0.2) is 48.5 Å². The first kappa shape index (κ1) is 22.9. The molecule has 3 rings (SSSR count). The number of ether oxygens (including phenoxy) is 1. The van der Waals surface area contributed by atoms with Gasteiger partial charge in [0.05, 0.1) is 0 Å². The number of hydrogen-bond donors (Lipinski definition) is 0. The highest BCUT2D eigenvalue weighted by atomic mass is 16.5. The van der Waals surface area contributed by atoms with Crippen LogP contribution in [0.3, 0.4) is 0 Å². The number of aryl methyl sites for hydroxylation is 2. The number of benzene rings is 2. The molecule has 1 atom stereocenters. The van der Waals surface area contributed by atoms with Crippen LogP contribution in [0.5, 0.6) is 5.75 Å². The molecule has 0 spiro atoms. The first-order valence-electron chi connectivity index (χ1n) is 11.2. The van der Waals surface area contributed by atoms with Crippen LogP contribution in [0, 0.1) is 6.92 Å². The third kappa shape index (κ3) is 6.09. The predicted octanol–water partition coefficient (Wildman–Crippen LogP) is 4.19. The minimum atomic E-state index is -0.552. The Bertz CT molecular complexity index is 884. The van der Waals surface area contributed by atoms with Crippen molar-refractivity contribution in [2.75, 3.05) is 26.2 Å². The fourth-order valence-corrected chi connectivity index (χ4v) is 3.90. The maximum absolute atomic E-state index is 12.9. The minimum Gasteiger partial charge on any atom is -0.481 e. The van der Waals surface area contributed by atoms with E-state index in [2.05, 4.69) is 45.0 Å². The summed E-state index contributed by atoms with van der Waals surface area (Å²) in [4.78, 5) is 29.2. The van der Waals surface area contributed by atoms with Gasteiger partial charge in [0.25, 0.3) is 5.91 Å². The summed E-state index contributed by atoms with van der Waals surface area (Å²) < 4.78 is 6.02. The molecule has 2 aromatic carbocycles. The molecule has 5 nitrogen and oxygen atoms in total. The standard InChI is InChI=1S/C26H34N2O3/c1-19(2)23-7-5-6-8-24(23)31-21(4)26(30)28-17-15-27(16-18-28)25(29)14-13-22-11-9-20(3)10-12-22/h5-12,19,21H,13-18H2,1-4H3. The lowest BCUT2D eigenvalue weighted by molar-refractivity contribution is -0.143. The van der Waals surface area contributed by atoms with Crippen LogP contribution in [-0.2, 0) is 16.0 Å². The summed E-state index contributed by atoms with van der Waals surface area (Å²) in [5, 5.41) is 0. The molecule has 1 heterocycles. The quantitative estimate of drug-likeness (QED) is 0.672. The lowest BCUT2D eigenvalue weighted by atomic mass is 10.0. The van der Waals surface area contributed by atoms with Crippen molar-refractivity contribution in [3.63, 3.8) is 0 Å². The number of piperazine rings is 1. The van der Waals surface area contributed by atoms with Gasteiger partial charge in [0, 0.05) is 32.6 Å². The van der Waals surface area contributed by atoms with Crippen molar-refractivity contribution in [1.29, 1.82) is 0 Å². The zero-order valence-electron chi connectivity index (χ0n) is 19.1. The van der Waals surface area contributed by atoms with Crippen LogP contribution >= 0.6 is 0 Å². The number of rotatable bonds is 7. The van der Waals surface area contributed by atoms with Gasteiger partial charge < -0.3 is 14.5 Å². The molecule has 0 radical (unpaired) electrons. The average Bonchev–Trinajstić information content (AvgIpc) is 2.78. The second kappa shape index (κ2) is 10.5. The molecular formula is C26H34N2O3. The Kier molecular flexibility index (Phi) is 7.72. The number of amides is 2. The van der Waals surface area contributed by atoms with Crippen molar-refractivity contribution in [3.05, 3.63) is 65.2 Å². The molecule has 1 saturated heterocycles. The molecule has 1 aliphatic heterocycles. The van der Waals surface area contributed by atoms with Gasteiger partial charge in [0.1, 0.15) is 5.75 Å². The van der Waals surface area contributed by atoms with Crippen molar-refractivity contribution in [3.8, 4) is 5.75 Å². The summed E-state index contributed by atoms with van der Waals surface area (Å²) >= 11 is 0. The number of carbonyl (C=O) groups excluding carboxylic acids is 2. The Morgan fingerprint density at radius 2 is 1.52 bits per heavy atom. The lowest BCUT2D eigenvalue weighted by Crippen LogP contribution is -2.53. The van der Waals surface area contributed by atoms with Crippen LogP contribution < -0.4 is 4.74 Å². The Morgan fingerprint density at radius 1 is 0.903 bits per heavy atom. The molecule has 0 aliphatic carbocycles. The van der Waals surface area contributed by atoms with Crippen molar-refractivity contribution in [2.45, 2.75) is 52.6 Å². The maximum atomic E-state index is 12.9. The maximum Gasteiger partial charge on any atom is 0.263 e. The average molecular weight is 423 g/mol. The van der Waals surface area contributed by atoms with Crippen molar-refractivity contribution in [1.82, 2.24) is 9.80 Å². The van der Waals surface area contributed by atoms with E-state index in [1.807, 2.05) is 34.1 Å². The van der Waals surface area contributed by atoms with Crippen LogP contribution in [0.25, 0.3) is 0 Å². The van der Waals surface area contributed by atoms with E-state index in [1.165, 1.54) is 11.1 Å². The number of nitrogens with zero attached hydrogens (tertiary/aromatic N) is 2. The summed E-state index contributed by atoms with van der Waals surface area (Å²) in [6.45, 7) is 10.3. The molecule has 2 aromatic rings. The second-order valence-electron chi connectivity index (χ2n) is 8.64. The van der Waals surface area contributed by atoms with E-state index in [0.717, 1.165) is 17.7 Å². The van der Waals surface area contributed by atoms with Crippen LogP contribution in [0.2, 0.25) is 0 Å². The van der Waals surface area contributed by atoms with E-state index in [9.17, 15) is 9.59 Å². The van der Waals surface area contributed by atoms with E-state index in [-0.39, 0.29) is 11.8 Å². The highest BCUT2D eigenvalue weighted by Gasteiger charge is 2.28. The van der Waals surface area contributed by atoms with Gasteiger partial charge in [-0.15, -0.1) is 0 Å². The van der Waals surface area contributed by atoms with E-state index in [1.54, 1.807) is 6.92 Å². The summed E-state index contributed by atoms with van der Waals surface area (Å²) in [5.74, 6) is 1.23. The summed E-state index contributed by atoms with van der Waals surface area (Å²) in [5.41, 5.74) is 3.51. The molecule has 2 amide bonds. The molecule has 1 aliphatic rings. The molecule has 5 heteroatoms. The van der Waals surface area contributed by atoms with Gasteiger partial charge in [-0.2, -0.15) is 0 Å². The summed E-state index contributed by atoms with van der Waals surface area (Å²) in [6.07, 6.45) is 0.699. The molecule has 0 aromatic heterocycles. The molecule has 31 heavy (non-hydrogen) atoms. The van der Waals surface area contributed by atoms with Gasteiger partial charge in [0.2, 0.25) is 5.91 Å². The molecule has 0 N–H and O–H groups in total. The Balaban J connectivity index is 1.47. The Morgan fingerprint density at radius 3 is 2.16 bits per heavy atom. The number of para-hydroxylation sites is 1. The van der Waals surface area contributed by atoms with Crippen LogP contribution in [-0.4, -0.2) is 53.9 Å².